The maximum absolute atomic E-state index is 15.5. The van der Waals surface area contributed by atoms with Gasteiger partial charge in [0.2, 0.25) is 17.7 Å². The normalized spacial score (nSPS) is 13.6. The van der Waals surface area contributed by atoms with Crippen molar-refractivity contribution < 1.29 is 57.4 Å². The molecule has 25 nitrogen and oxygen atoms in total. The molecule has 2 aromatic heterocycles. The summed E-state index contributed by atoms with van der Waals surface area (Å²) in [5.74, 6) is -0.786. The van der Waals surface area contributed by atoms with Crippen LogP contribution < -0.4 is 47.9 Å². The van der Waals surface area contributed by atoms with E-state index >= 15 is 9.59 Å². The summed E-state index contributed by atoms with van der Waals surface area (Å²) in [5.41, 5.74) is 13.8. The van der Waals surface area contributed by atoms with Gasteiger partial charge in [0.1, 0.15) is 47.8 Å². The van der Waals surface area contributed by atoms with Gasteiger partial charge in [0.15, 0.2) is 6.61 Å². The fourth-order valence-electron chi connectivity index (χ4n) is 12.5. The number of aromatic hydroxyl groups is 1. The molecule has 9 amide bonds. The molecular weight excluding hydrogens is 1320 g/mol. The van der Waals surface area contributed by atoms with Gasteiger partial charge in [-0.15, -0.1) is 6.42 Å². The molecule has 1 aliphatic rings. The maximum atomic E-state index is 15.5. The number of amides is 9. The number of primary amides is 1. The number of anilines is 3. The maximum Gasteiger partial charge on any atom is 0.408 e. The number of hydrogen-bond acceptors (Lipinski definition) is 13. The van der Waals surface area contributed by atoms with E-state index in [2.05, 4.69) is 75.4 Å². The monoisotopic (exact) mass is 1420 g/mol. The first-order valence-electron chi connectivity index (χ1n) is 34.2. The summed E-state index contributed by atoms with van der Waals surface area (Å²) < 4.78 is 14.5. The first-order chi connectivity index (χ1) is 48.3. The lowest BCUT2D eigenvalue weighted by Gasteiger charge is -2.38. The van der Waals surface area contributed by atoms with Crippen molar-refractivity contribution in [2.75, 3.05) is 57.6 Å². The van der Waals surface area contributed by atoms with E-state index in [1.165, 1.54) is 22.6 Å². The van der Waals surface area contributed by atoms with Crippen LogP contribution in [0.2, 0.25) is 5.02 Å². The Morgan fingerprint density at radius 1 is 0.784 bits per heavy atom. The minimum absolute atomic E-state index is 0.0258. The van der Waals surface area contributed by atoms with Gasteiger partial charge in [-0.1, -0.05) is 61.7 Å². The Labute approximate surface area is 602 Å². The molecule has 0 fully saturated rings. The number of unbranched alkanes of at least 4 members (excludes halogenated alkanes) is 1. The molecule has 3 heterocycles. The van der Waals surface area contributed by atoms with Gasteiger partial charge in [0.25, 0.3) is 11.8 Å². The molecule has 0 radical (unpaired) electrons. The number of halogens is 1. The Hall–Kier alpha value is -10.3. The van der Waals surface area contributed by atoms with Gasteiger partial charge in [-0.05, 0) is 182 Å². The van der Waals surface area contributed by atoms with E-state index in [9.17, 15) is 39.1 Å². The number of benzene rings is 4. The number of terminal acetylenes is 1. The zero-order chi connectivity index (χ0) is 74.8. The first kappa shape index (κ1) is 79.0. The van der Waals surface area contributed by atoms with E-state index < -0.39 is 65.6 Å². The van der Waals surface area contributed by atoms with Crippen LogP contribution in [0.3, 0.4) is 0 Å². The van der Waals surface area contributed by atoms with Crippen LogP contribution in [0, 0.1) is 43.4 Å². The number of aromatic nitrogens is 2. The van der Waals surface area contributed by atoms with Crippen molar-refractivity contribution in [3.8, 4) is 35.4 Å². The fourth-order valence-corrected chi connectivity index (χ4v) is 12.7. The fraction of sp³-hybridized carbons (Fsp3) is 0.434. The van der Waals surface area contributed by atoms with Crippen molar-refractivity contribution in [2.24, 2.45) is 25.7 Å². The van der Waals surface area contributed by atoms with Crippen LogP contribution in [0.1, 0.15) is 140 Å². The molecule has 0 saturated carbocycles. The predicted octanol–water partition coefficient (Wildman–Crippen LogP) is 9.64. The summed E-state index contributed by atoms with van der Waals surface area (Å²) in [6, 6.07) is 26.5. The number of phenolic OH excluding ortho intramolecular Hbond substituents is 1. The number of nitriles is 1. The summed E-state index contributed by atoms with van der Waals surface area (Å²) in [6.07, 6.45) is 6.98. The lowest BCUT2D eigenvalue weighted by Crippen LogP contribution is -2.57. The average molecular weight is 1420 g/mol. The summed E-state index contributed by atoms with van der Waals surface area (Å²) in [7, 11) is 9.74. The average Bonchev–Trinajstić information content (AvgIpc) is 1.56. The van der Waals surface area contributed by atoms with Crippen molar-refractivity contribution in [1.29, 1.82) is 5.26 Å². The van der Waals surface area contributed by atoms with Crippen LogP contribution in [0.5, 0.6) is 5.75 Å². The number of carbonyl (C=O) groups is 8. The highest BCUT2D eigenvalue weighted by atomic mass is 35.5. The van der Waals surface area contributed by atoms with Gasteiger partial charge >= 0.3 is 18.2 Å². The Bertz CT molecular complexity index is 4100. The van der Waals surface area contributed by atoms with Crippen molar-refractivity contribution in [2.45, 2.75) is 149 Å². The van der Waals surface area contributed by atoms with Gasteiger partial charge in [-0.2, -0.15) is 5.26 Å². The second-order valence-electron chi connectivity index (χ2n) is 27.8. The molecule has 0 aliphatic carbocycles. The summed E-state index contributed by atoms with van der Waals surface area (Å²) in [6.45, 7) is 14.5. The number of phenols is 1. The molecule has 4 atom stereocenters. The van der Waals surface area contributed by atoms with E-state index in [1.54, 1.807) is 94.8 Å². The third-order valence-electron chi connectivity index (χ3n) is 18.1. The van der Waals surface area contributed by atoms with Crippen LogP contribution >= 0.6 is 11.6 Å². The van der Waals surface area contributed by atoms with Crippen LogP contribution in [-0.2, 0) is 64.0 Å². The number of ether oxygens (including phenoxy) is 2. The van der Waals surface area contributed by atoms with Crippen molar-refractivity contribution in [1.82, 2.24) is 45.9 Å². The summed E-state index contributed by atoms with van der Waals surface area (Å²) in [5, 5.41) is 40.2. The summed E-state index contributed by atoms with van der Waals surface area (Å²) >= 11 is 6.81. The number of nitrogens with two attached hydrogens (primary N) is 1. The Morgan fingerprint density at radius 2 is 1.47 bits per heavy atom. The van der Waals surface area contributed by atoms with Crippen LogP contribution in [0.15, 0.2) is 97.1 Å². The third kappa shape index (κ3) is 21.4. The SMILES string of the molecule is C#CCOC(=O)N[C@@H](CCCCNC(=O)OC(C)(C)C)C(=O)N[C@H](C(=O)N[C@@H](CCCNC(N)=O)C(=O)Nc1ccc(C[N+](C)(C)CCC[C@@H]2Cc3ccccc3CN2C(=O)c2ccc(Cl)cc2-c2cc(C(=O)N(c3ccc(O)cc3)c3cc(C#N)n(C)c3C)c(C)n2C)c(CNC)c1)C(C)C. The molecule has 102 heavy (non-hydrogen) atoms. The zero-order valence-corrected chi connectivity index (χ0v) is 61.2. The van der Waals surface area contributed by atoms with Gasteiger partial charge in [0.05, 0.1) is 31.9 Å². The largest absolute Gasteiger partial charge is 0.508 e. The second kappa shape index (κ2) is 35.8. The highest BCUT2D eigenvalue weighted by Gasteiger charge is 2.36. The van der Waals surface area contributed by atoms with Gasteiger partial charge in [-0.25, -0.2) is 14.4 Å². The van der Waals surface area contributed by atoms with Crippen LogP contribution in [0.25, 0.3) is 11.3 Å². The molecule has 544 valence electrons. The highest BCUT2D eigenvalue weighted by Crippen LogP contribution is 2.38. The Kier molecular flexibility index (Phi) is 27.7. The number of urea groups is 1. The molecule has 26 heteroatoms. The molecule has 7 rings (SSSR count). The first-order valence-corrected chi connectivity index (χ1v) is 34.6. The van der Waals surface area contributed by atoms with E-state index in [-0.39, 0.29) is 62.6 Å². The number of carbonyl (C=O) groups excluding carboxylic acids is 8. The van der Waals surface area contributed by atoms with E-state index in [4.69, 9.17) is 33.2 Å². The minimum Gasteiger partial charge on any atom is -0.508 e. The smallest absolute Gasteiger partial charge is 0.408 e. The molecule has 6 aromatic rings. The number of nitrogens with one attached hydrogen (secondary N) is 7. The molecule has 10 N–H and O–H groups in total. The molecule has 4 aromatic carbocycles. The lowest BCUT2D eigenvalue weighted by atomic mass is 9.90. The van der Waals surface area contributed by atoms with Gasteiger partial charge in [0, 0.05) is 96.5 Å². The molecule has 0 bridgehead atoms. The highest BCUT2D eigenvalue weighted by molar-refractivity contribution is 6.31. The van der Waals surface area contributed by atoms with Gasteiger partial charge in [-0.3, -0.25) is 28.9 Å². The Morgan fingerprint density at radius 3 is 2.13 bits per heavy atom. The number of quaternary nitrogens is 1. The molecule has 0 saturated heterocycles. The third-order valence-corrected chi connectivity index (χ3v) is 18.4. The van der Waals surface area contributed by atoms with E-state index in [1.807, 2.05) is 61.7 Å². The second-order valence-corrected chi connectivity index (χ2v) is 28.2. The van der Waals surface area contributed by atoms with Crippen LogP contribution in [-0.4, -0.2) is 149 Å². The van der Waals surface area contributed by atoms with E-state index in [0.717, 1.165) is 29.7 Å². The van der Waals surface area contributed by atoms with Crippen LogP contribution in [0.4, 0.5) is 31.4 Å². The Balaban J connectivity index is 1.06. The number of fused-ring (bicyclic) bond motifs is 1. The predicted molar refractivity (Wildman–Crippen MR) is 392 cm³/mol. The number of nitrogens with zero attached hydrogens (tertiary/aromatic N) is 6. The number of alkyl carbamates (subject to hydrolysis) is 2. The van der Waals surface area contributed by atoms with Crippen molar-refractivity contribution >= 4 is 76.4 Å². The van der Waals surface area contributed by atoms with E-state index in [0.29, 0.717) is 111 Å². The molecule has 0 spiro atoms. The lowest BCUT2D eigenvalue weighted by molar-refractivity contribution is -0.903. The number of rotatable bonds is 31. The molecular formula is C76H98ClN14O11+. The quantitative estimate of drug-likeness (QED) is 0.0111. The number of hydrogen-bond donors (Lipinski definition) is 9. The molecule has 0 unspecified atom stereocenters. The summed E-state index contributed by atoms with van der Waals surface area (Å²) in [4.78, 5) is 113. The molecule has 1 aliphatic heterocycles. The van der Waals surface area contributed by atoms with Crippen molar-refractivity contribution in [3.05, 3.63) is 153 Å². The standard InChI is InChI=1S/C76H97ClN14O11/c1-14-37-101-75(100)85-64(24-17-18-34-82-74(99)102-76(6,7)8)69(94)86-67(47(2)3)70(95)84-63(25-19-35-81-73(79)98)68(93)83-55-28-26-52(53(38-55)44-80-9)46-91(12,13)36-20-23-57-39-50-21-15-16-22-51(50)45-89(57)71(96)60-33-27-54(77)40-62(60)66-42-61(48(4)88(66)11)72(97)90(56-29-31-59(92)32-30-56)65-41-58(43-78)87(10)49(65)5/h1,15-16,21-22,26-33,38,40-42,47,57,63-64,67,80H,17-20,23-25,34-37,39,44-46H2,2-13H3,(H8-,79,81,82,83,84,85,86,92,93,94,95,98,99,100)/p+1/t57-,63+,64+,67+/m1/s1. The zero-order valence-electron chi connectivity index (χ0n) is 60.5. The topological polar surface area (TPSA) is 326 Å². The van der Waals surface area contributed by atoms with Gasteiger partial charge < -0.3 is 76.0 Å². The minimum atomic E-state index is -1.19. The van der Waals surface area contributed by atoms with Crippen molar-refractivity contribution in [3.63, 3.8) is 0 Å².